The number of carbonyl (C=O) groups excluding carboxylic acids is 1. The highest BCUT2D eigenvalue weighted by molar-refractivity contribution is 7.18. The van der Waals surface area contributed by atoms with E-state index in [1.165, 1.54) is 42.3 Å². The van der Waals surface area contributed by atoms with Gasteiger partial charge in [0.25, 0.3) is 11.7 Å². The van der Waals surface area contributed by atoms with Crippen molar-refractivity contribution in [2.75, 3.05) is 4.90 Å². The van der Waals surface area contributed by atoms with Gasteiger partial charge in [-0.2, -0.15) is 10.1 Å². The summed E-state index contributed by atoms with van der Waals surface area (Å²) in [5, 5.41) is 17.3. The van der Waals surface area contributed by atoms with Crippen LogP contribution < -0.4 is 4.90 Å². The third-order valence-corrected chi connectivity index (χ3v) is 5.86. The Morgan fingerprint density at radius 3 is 2.62 bits per heavy atom. The van der Waals surface area contributed by atoms with Gasteiger partial charge in [-0.1, -0.05) is 28.1 Å². The fourth-order valence-corrected chi connectivity index (χ4v) is 4.14. The molecule has 0 radical (unpaired) electrons. The Kier molecular flexibility index (Phi) is 5.72. The van der Waals surface area contributed by atoms with Gasteiger partial charge in [0.2, 0.25) is 5.82 Å². The average molecular weight is 477 g/mol. The molecule has 0 aliphatic carbocycles. The summed E-state index contributed by atoms with van der Waals surface area (Å²) in [6.07, 6.45) is 3.18. The summed E-state index contributed by atoms with van der Waals surface area (Å²) in [4.78, 5) is 34.2. The molecular formula is C19H14ClFN6O4S. The zero-order valence-electron chi connectivity index (χ0n) is 16.6. The molecule has 0 aliphatic heterocycles. The SMILES string of the molecule is CC(C(=O)O)N(c1ccc(F)cc1)c1nc(Cl)c(C(=O)c2nc(-c3cnn(C)c3)no2)s1. The van der Waals surface area contributed by atoms with Gasteiger partial charge in [-0.15, -0.1) is 0 Å². The molecule has 1 N–H and O–H groups in total. The van der Waals surface area contributed by atoms with E-state index in [1.807, 2.05) is 0 Å². The van der Waals surface area contributed by atoms with Crippen molar-refractivity contribution in [3.8, 4) is 11.4 Å². The summed E-state index contributed by atoms with van der Waals surface area (Å²) in [5.74, 6) is -2.42. The predicted octanol–water partition coefficient (Wildman–Crippen LogP) is 3.56. The highest BCUT2D eigenvalue weighted by Gasteiger charge is 2.30. The van der Waals surface area contributed by atoms with Crippen molar-refractivity contribution in [1.29, 1.82) is 0 Å². The van der Waals surface area contributed by atoms with E-state index in [2.05, 4.69) is 20.2 Å². The van der Waals surface area contributed by atoms with E-state index in [0.717, 1.165) is 11.3 Å². The Bertz CT molecular complexity index is 1300. The summed E-state index contributed by atoms with van der Waals surface area (Å²) in [6, 6.07) is 4.12. The molecule has 32 heavy (non-hydrogen) atoms. The van der Waals surface area contributed by atoms with Gasteiger partial charge in [0.1, 0.15) is 16.7 Å². The number of hydrogen-bond donors (Lipinski definition) is 1. The number of aliphatic carboxylic acids is 1. The zero-order valence-corrected chi connectivity index (χ0v) is 18.1. The van der Waals surface area contributed by atoms with E-state index in [4.69, 9.17) is 16.1 Å². The van der Waals surface area contributed by atoms with Crippen LogP contribution in [-0.2, 0) is 11.8 Å². The van der Waals surface area contributed by atoms with Gasteiger partial charge in [0.15, 0.2) is 10.3 Å². The first-order valence-electron chi connectivity index (χ1n) is 9.06. The highest BCUT2D eigenvalue weighted by Crippen LogP contribution is 2.36. The molecule has 1 aromatic carbocycles. The lowest BCUT2D eigenvalue weighted by Crippen LogP contribution is -2.35. The molecule has 4 aromatic rings. The fourth-order valence-electron chi connectivity index (χ4n) is 2.81. The zero-order chi connectivity index (χ0) is 23.0. The number of benzene rings is 1. The molecule has 0 amide bonds. The molecular weight excluding hydrogens is 463 g/mol. The normalized spacial score (nSPS) is 12.0. The maximum atomic E-state index is 13.4. The van der Waals surface area contributed by atoms with Crippen molar-refractivity contribution in [1.82, 2.24) is 24.9 Å². The number of anilines is 2. The number of ketones is 1. The first-order valence-corrected chi connectivity index (χ1v) is 10.3. The van der Waals surface area contributed by atoms with Crippen molar-refractivity contribution in [2.24, 2.45) is 7.05 Å². The van der Waals surface area contributed by atoms with Crippen molar-refractivity contribution < 1.29 is 23.6 Å². The van der Waals surface area contributed by atoms with E-state index < -0.39 is 23.6 Å². The molecule has 0 fully saturated rings. The largest absolute Gasteiger partial charge is 0.480 e. The summed E-state index contributed by atoms with van der Waals surface area (Å²) in [7, 11) is 1.72. The van der Waals surface area contributed by atoms with Gasteiger partial charge in [-0.05, 0) is 31.2 Å². The average Bonchev–Trinajstić information content (AvgIpc) is 3.49. The molecule has 164 valence electrons. The maximum Gasteiger partial charge on any atom is 0.326 e. The van der Waals surface area contributed by atoms with Crippen LogP contribution in [0.25, 0.3) is 11.4 Å². The van der Waals surface area contributed by atoms with Crippen LogP contribution in [0.5, 0.6) is 0 Å². The summed E-state index contributed by atoms with van der Waals surface area (Å²) >= 11 is 7.06. The van der Waals surface area contributed by atoms with Crippen LogP contribution >= 0.6 is 22.9 Å². The van der Waals surface area contributed by atoms with Crippen LogP contribution in [0.3, 0.4) is 0 Å². The molecule has 0 aliphatic rings. The summed E-state index contributed by atoms with van der Waals surface area (Å²) < 4.78 is 20.0. The van der Waals surface area contributed by atoms with Gasteiger partial charge in [-0.25, -0.2) is 14.2 Å². The van der Waals surface area contributed by atoms with E-state index in [9.17, 15) is 19.1 Å². The lowest BCUT2D eigenvalue weighted by Gasteiger charge is -2.25. The summed E-state index contributed by atoms with van der Waals surface area (Å²) in [6.45, 7) is 1.43. The molecule has 3 aromatic heterocycles. The summed E-state index contributed by atoms with van der Waals surface area (Å²) in [5.41, 5.74) is 0.923. The Morgan fingerprint density at radius 1 is 1.28 bits per heavy atom. The molecule has 0 saturated carbocycles. The van der Waals surface area contributed by atoms with Gasteiger partial charge in [0, 0.05) is 18.9 Å². The van der Waals surface area contributed by atoms with Gasteiger partial charge < -0.3 is 14.5 Å². The minimum atomic E-state index is -1.15. The number of halogens is 2. The molecule has 1 atom stereocenters. The minimum Gasteiger partial charge on any atom is -0.480 e. The molecule has 1 unspecified atom stereocenters. The number of carboxylic acids is 1. The second-order valence-electron chi connectivity index (χ2n) is 6.63. The number of carboxylic acid groups (broad SMARTS) is 1. The molecule has 10 nitrogen and oxygen atoms in total. The molecule has 3 heterocycles. The third kappa shape index (κ3) is 4.09. The monoisotopic (exact) mass is 476 g/mol. The topological polar surface area (TPSA) is 127 Å². The number of carbonyl (C=O) groups is 2. The Hall–Kier alpha value is -3.64. The van der Waals surface area contributed by atoms with E-state index in [-0.39, 0.29) is 26.9 Å². The van der Waals surface area contributed by atoms with Crippen molar-refractivity contribution in [3.63, 3.8) is 0 Å². The lowest BCUT2D eigenvalue weighted by atomic mass is 10.2. The van der Waals surface area contributed by atoms with Gasteiger partial charge in [-0.3, -0.25) is 9.48 Å². The molecule has 0 spiro atoms. The van der Waals surface area contributed by atoms with E-state index in [0.29, 0.717) is 11.3 Å². The Labute approximate surface area is 188 Å². The quantitative estimate of drug-likeness (QED) is 0.398. The van der Waals surface area contributed by atoms with Crippen LogP contribution in [0, 0.1) is 5.82 Å². The first kappa shape index (κ1) is 21.6. The second-order valence-corrected chi connectivity index (χ2v) is 7.97. The van der Waals surface area contributed by atoms with Crippen LogP contribution in [-0.4, -0.2) is 47.8 Å². The number of nitrogens with zero attached hydrogens (tertiary/aromatic N) is 6. The van der Waals surface area contributed by atoms with Crippen molar-refractivity contribution >= 4 is 45.5 Å². The number of aromatic nitrogens is 5. The first-order chi connectivity index (χ1) is 15.2. The maximum absolute atomic E-state index is 13.4. The smallest absolute Gasteiger partial charge is 0.326 e. The number of rotatable bonds is 7. The van der Waals surface area contributed by atoms with Crippen molar-refractivity contribution in [3.05, 3.63) is 58.4 Å². The van der Waals surface area contributed by atoms with Crippen molar-refractivity contribution in [2.45, 2.75) is 13.0 Å². The van der Waals surface area contributed by atoms with Gasteiger partial charge in [0.05, 0.1) is 11.8 Å². The second kappa shape index (κ2) is 8.48. The van der Waals surface area contributed by atoms with Gasteiger partial charge >= 0.3 is 5.97 Å². The molecule has 0 bridgehead atoms. The Balaban J connectivity index is 1.69. The van der Waals surface area contributed by atoms with Crippen LogP contribution in [0.1, 0.15) is 22.5 Å². The molecule has 13 heteroatoms. The van der Waals surface area contributed by atoms with Crippen LogP contribution in [0.15, 0.2) is 41.2 Å². The van der Waals surface area contributed by atoms with Crippen LogP contribution in [0.2, 0.25) is 5.15 Å². The number of thiazole rings is 1. The minimum absolute atomic E-state index is 0.00671. The fraction of sp³-hybridized carbons (Fsp3) is 0.158. The van der Waals surface area contributed by atoms with E-state index >= 15 is 0 Å². The Morgan fingerprint density at radius 2 is 2.00 bits per heavy atom. The van der Waals surface area contributed by atoms with Crippen LogP contribution in [0.4, 0.5) is 15.2 Å². The van der Waals surface area contributed by atoms with E-state index in [1.54, 1.807) is 17.9 Å². The predicted molar refractivity (Wildman–Crippen MR) is 113 cm³/mol. The standard InChI is InChI=1S/C19H14ClFN6O4S/c1-9(18(29)30)27(12-5-3-11(21)4-6-12)19-23-15(20)14(32-19)13(28)17-24-16(25-31-17)10-7-22-26(2)8-10/h3-9H,1-2H3,(H,29,30). The lowest BCUT2D eigenvalue weighted by molar-refractivity contribution is -0.138. The molecule has 0 saturated heterocycles. The molecule has 4 rings (SSSR count). The number of hydrogen-bond acceptors (Lipinski definition) is 9. The highest BCUT2D eigenvalue weighted by atomic mass is 35.5. The number of aryl methyl sites for hydroxylation is 1. The third-order valence-electron chi connectivity index (χ3n) is 4.42.